The van der Waals surface area contributed by atoms with Crippen LogP contribution in [0.4, 0.5) is 0 Å². The molecule has 1 unspecified atom stereocenters. The molecule has 0 saturated carbocycles. The molecule has 2 N–H and O–H groups in total. The van der Waals surface area contributed by atoms with Crippen LogP contribution in [0, 0.1) is 0 Å². The summed E-state index contributed by atoms with van der Waals surface area (Å²) in [5, 5.41) is 13.1. The van der Waals surface area contributed by atoms with Gasteiger partial charge in [-0.05, 0) is 36.2 Å². The molecule has 0 aromatic heterocycles. The van der Waals surface area contributed by atoms with Crippen molar-refractivity contribution in [1.29, 1.82) is 0 Å². The molecule has 0 amide bonds. The minimum absolute atomic E-state index is 0.254. The molecule has 5 heteroatoms. The number of nitrogens with one attached hydrogen (secondary N) is 1. The molecule has 0 aliphatic rings. The highest BCUT2D eigenvalue weighted by Gasteiger charge is 2.05. The molecule has 1 atom stereocenters. The van der Waals surface area contributed by atoms with Crippen molar-refractivity contribution in [3.63, 3.8) is 0 Å². The van der Waals surface area contributed by atoms with Crippen molar-refractivity contribution in [2.75, 3.05) is 40.0 Å². The maximum atomic E-state index is 9.95. The molecular weight excluding hydrogens is 318 g/mol. The molecule has 0 spiro atoms. The van der Waals surface area contributed by atoms with Gasteiger partial charge in [0, 0.05) is 20.2 Å². The quantitative estimate of drug-likeness (QED) is 0.578. The van der Waals surface area contributed by atoms with Crippen LogP contribution in [0.2, 0.25) is 0 Å². The Balaban J connectivity index is 1.55. The highest BCUT2D eigenvalue weighted by atomic mass is 16.5. The van der Waals surface area contributed by atoms with Gasteiger partial charge in [0.15, 0.2) is 0 Å². The fourth-order valence-electron chi connectivity index (χ4n) is 2.25. The molecule has 2 rings (SSSR count). The van der Waals surface area contributed by atoms with E-state index in [0.29, 0.717) is 26.3 Å². The number of hydrogen-bond donors (Lipinski definition) is 2. The third-order valence-electron chi connectivity index (χ3n) is 3.63. The van der Waals surface area contributed by atoms with Crippen LogP contribution in [0.3, 0.4) is 0 Å². The number of methoxy groups -OCH3 is 1. The normalized spacial score (nSPS) is 11.9. The molecule has 0 heterocycles. The van der Waals surface area contributed by atoms with Gasteiger partial charge in [-0.3, -0.25) is 0 Å². The minimum atomic E-state index is -0.565. The van der Waals surface area contributed by atoms with E-state index in [1.165, 1.54) is 5.56 Å². The molecule has 0 saturated heterocycles. The summed E-state index contributed by atoms with van der Waals surface area (Å²) in [4.78, 5) is 0. The molecule has 0 aliphatic heterocycles. The number of aliphatic hydroxyl groups is 1. The summed E-state index contributed by atoms with van der Waals surface area (Å²) >= 11 is 0. The van der Waals surface area contributed by atoms with Crippen molar-refractivity contribution in [2.45, 2.75) is 12.5 Å². The van der Waals surface area contributed by atoms with Crippen LogP contribution < -0.4 is 14.8 Å². The number of rotatable bonds is 12. The Bertz CT molecular complexity index is 574. The van der Waals surface area contributed by atoms with E-state index < -0.39 is 6.10 Å². The highest BCUT2D eigenvalue weighted by Crippen LogP contribution is 2.13. The first kappa shape index (κ1) is 19.2. The summed E-state index contributed by atoms with van der Waals surface area (Å²) in [6.45, 7) is 2.65. The first-order chi connectivity index (χ1) is 12.3. The molecule has 0 fully saturated rings. The Morgan fingerprint density at radius 2 is 1.64 bits per heavy atom. The van der Waals surface area contributed by atoms with Crippen LogP contribution in [0.25, 0.3) is 0 Å². The molecular formula is C20H27NO4. The third kappa shape index (κ3) is 8.03. The molecule has 0 radical (unpaired) electrons. The zero-order valence-electron chi connectivity index (χ0n) is 14.7. The van der Waals surface area contributed by atoms with Gasteiger partial charge in [-0.25, -0.2) is 0 Å². The number of ether oxygens (including phenoxy) is 3. The van der Waals surface area contributed by atoms with Gasteiger partial charge in [0.1, 0.15) is 30.8 Å². The lowest BCUT2D eigenvalue weighted by molar-refractivity contribution is 0.105. The molecule has 2 aromatic carbocycles. The SMILES string of the molecule is COCCc1ccc(OCC(O)CNCCOc2ccccc2)cc1. The Hall–Kier alpha value is -2.08. The third-order valence-corrected chi connectivity index (χ3v) is 3.63. The van der Waals surface area contributed by atoms with E-state index in [-0.39, 0.29) is 6.61 Å². The second-order valence-corrected chi connectivity index (χ2v) is 5.72. The topological polar surface area (TPSA) is 60.0 Å². The van der Waals surface area contributed by atoms with Crippen LogP contribution in [0.15, 0.2) is 54.6 Å². The van der Waals surface area contributed by atoms with Crippen LogP contribution in [0.5, 0.6) is 11.5 Å². The van der Waals surface area contributed by atoms with E-state index in [1.54, 1.807) is 7.11 Å². The lowest BCUT2D eigenvalue weighted by Crippen LogP contribution is -2.33. The van der Waals surface area contributed by atoms with Crippen LogP contribution in [-0.2, 0) is 11.2 Å². The second-order valence-electron chi connectivity index (χ2n) is 5.72. The van der Waals surface area contributed by atoms with Gasteiger partial charge >= 0.3 is 0 Å². The highest BCUT2D eigenvalue weighted by molar-refractivity contribution is 5.27. The van der Waals surface area contributed by atoms with Gasteiger partial charge in [0.25, 0.3) is 0 Å². The molecule has 25 heavy (non-hydrogen) atoms. The first-order valence-corrected chi connectivity index (χ1v) is 8.55. The standard InChI is InChI=1S/C20H27NO4/c1-23-13-11-17-7-9-20(10-8-17)25-16-18(22)15-21-12-14-24-19-5-3-2-4-6-19/h2-10,18,21-22H,11-16H2,1H3. The van der Waals surface area contributed by atoms with Crippen LogP contribution in [0.1, 0.15) is 5.56 Å². The van der Waals surface area contributed by atoms with E-state index in [9.17, 15) is 5.11 Å². The fraction of sp³-hybridized carbons (Fsp3) is 0.400. The summed E-state index contributed by atoms with van der Waals surface area (Å²) in [5.74, 6) is 1.61. The summed E-state index contributed by atoms with van der Waals surface area (Å²) in [5.41, 5.74) is 1.20. The zero-order chi connectivity index (χ0) is 17.7. The number of aliphatic hydroxyl groups excluding tert-OH is 1. The van der Waals surface area contributed by atoms with Crippen molar-refractivity contribution >= 4 is 0 Å². The van der Waals surface area contributed by atoms with Crippen LogP contribution >= 0.6 is 0 Å². The van der Waals surface area contributed by atoms with Crippen molar-refractivity contribution in [3.8, 4) is 11.5 Å². The summed E-state index contributed by atoms with van der Waals surface area (Å²) in [7, 11) is 1.70. The van der Waals surface area contributed by atoms with Crippen molar-refractivity contribution in [1.82, 2.24) is 5.32 Å². The number of hydrogen-bond acceptors (Lipinski definition) is 5. The fourth-order valence-corrected chi connectivity index (χ4v) is 2.25. The predicted molar refractivity (Wildman–Crippen MR) is 98.3 cm³/mol. The second kappa shape index (κ2) is 11.5. The maximum absolute atomic E-state index is 9.95. The summed E-state index contributed by atoms with van der Waals surface area (Å²) in [6.07, 6.45) is 0.318. The minimum Gasteiger partial charge on any atom is -0.492 e. The lowest BCUT2D eigenvalue weighted by atomic mass is 10.1. The van der Waals surface area contributed by atoms with E-state index in [0.717, 1.165) is 17.9 Å². The van der Waals surface area contributed by atoms with Gasteiger partial charge in [0.2, 0.25) is 0 Å². The van der Waals surface area contributed by atoms with E-state index in [1.807, 2.05) is 54.6 Å². The maximum Gasteiger partial charge on any atom is 0.119 e. The summed E-state index contributed by atoms with van der Waals surface area (Å²) in [6, 6.07) is 17.5. The number of para-hydroxylation sites is 1. The number of benzene rings is 2. The molecule has 136 valence electrons. The predicted octanol–water partition coefficient (Wildman–Crippen LogP) is 2.28. The molecule has 5 nitrogen and oxygen atoms in total. The van der Waals surface area contributed by atoms with Gasteiger partial charge < -0.3 is 24.6 Å². The molecule has 2 aromatic rings. The Morgan fingerprint density at radius 3 is 2.36 bits per heavy atom. The largest absolute Gasteiger partial charge is 0.492 e. The van der Waals surface area contributed by atoms with Gasteiger partial charge in [-0.1, -0.05) is 30.3 Å². The van der Waals surface area contributed by atoms with Crippen LogP contribution in [-0.4, -0.2) is 51.2 Å². The van der Waals surface area contributed by atoms with E-state index in [2.05, 4.69) is 5.32 Å². The Kier molecular flexibility index (Phi) is 8.83. The average Bonchev–Trinajstić information content (AvgIpc) is 2.66. The Labute approximate surface area is 149 Å². The summed E-state index contributed by atoms with van der Waals surface area (Å²) < 4.78 is 16.2. The average molecular weight is 345 g/mol. The zero-order valence-corrected chi connectivity index (χ0v) is 14.7. The Morgan fingerprint density at radius 1 is 0.920 bits per heavy atom. The molecule has 0 bridgehead atoms. The van der Waals surface area contributed by atoms with Crippen molar-refractivity contribution < 1.29 is 19.3 Å². The van der Waals surface area contributed by atoms with Crippen molar-refractivity contribution in [2.24, 2.45) is 0 Å². The van der Waals surface area contributed by atoms with Crippen molar-refractivity contribution in [3.05, 3.63) is 60.2 Å². The molecule has 0 aliphatic carbocycles. The van der Waals surface area contributed by atoms with Gasteiger partial charge in [0.05, 0.1) is 6.61 Å². The van der Waals surface area contributed by atoms with Gasteiger partial charge in [-0.15, -0.1) is 0 Å². The smallest absolute Gasteiger partial charge is 0.119 e. The van der Waals surface area contributed by atoms with Gasteiger partial charge in [-0.2, -0.15) is 0 Å². The first-order valence-electron chi connectivity index (χ1n) is 8.55. The van der Waals surface area contributed by atoms with E-state index >= 15 is 0 Å². The lowest BCUT2D eigenvalue weighted by Gasteiger charge is -2.14. The van der Waals surface area contributed by atoms with E-state index in [4.69, 9.17) is 14.2 Å². The monoisotopic (exact) mass is 345 g/mol.